The molecule has 0 saturated carbocycles. The standard InChI is InChI=1S/C12H13N3O2/c1-8-6-11(15(16)17)4-5-12(8)14-10(3)7-9(2)13-14/h4-7H,1-3H3. The average molecular weight is 231 g/mol. The minimum absolute atomic E-state index is 0.104. The Labute approximate surface area is 98.8 Å². The van der Waals surface area contributed by atoms with Gasteiger partial charge >= 0.3 is 0 Å². The molecule has 2 aromatic rings. The van der Waals surface area contributed by atoms with Gasteiger partial charge in [-0.25, -0.2) is 4.68 Å². The monoisotopic (exact) mass is 231 g/mol. The minimum atomic E-state index is -0.391. The molecule has 0 N–H and O–H groups in total. The smallest absolute Gasteiger partial charge is 0.258 e. The Morgan fingerprint density at radius 2 is 1.94 bits per heavy atom. The van der Waals surface area contributed by atoms with Gasteiger partial charge in [-0.15, -0.1) is 0 Å². The molecule has 0 aliphatic rings. The van der Waals surface area contributed by atoms with Crippen molar-refractivity contribution in [3.8, 4) is 5.69 Å². The van der Waals surface area contributed by atoms with E-state index >= 15 is 0 Å². The Hall–Kier alpha value is -2.17. The van der Waals surface area contributed by atoms with Crippen molar-refractivity contribution in [1.82, 2.24) is 9.78 Å². The topological polar surface area (TPSA) is 61.0 Å². The van der Waals surface area contributed by atoms with Crippen molar-refractivity contribution in [3.05, 3.63) is 51.3 Å². The van der Waals surface area contributed by atoms with Gasteiger partial charge in [-0.2, -0.15) is 5.10 Å². The molecule has 0 aliphatic carbocycles. The van der Waals surface area contributed by atoms with Crippen molar-refractivity contribution in [2.45, 2.75) is 20.8 Å². The van der Waals surface area contributed by atoms with E-state index in [9.17, 15) is 10.1 Å². The highest BCUT2D eigenvalue weighted by atomic mass is 16.6. The molecule has 0 spiro atoms. The largest absolute Gasteiger partial charge is 0.269 e. The van der Waals surface area contributed by atoms with Crippen LogP contribution in [0, 0.1) is 30.9 Å². The number of aryl methyl sites for hydroxylation is 3. The lowest BCUT2D eigenvalue weighted by Gasteiger charge is -2.07. The SMILES string of the molecule is Cc1cc(C)n(-c2ccc([N+](=O)[O-])cc2C)n1. The molecule has 0 amide bonds. The zero-order valence-electron chi connectivity index (χ0n) is 9.97. The second-order valence-electron chi connectivity index (χ2n) is 4.07. The zero-order chi connectivity index (χ0) is 12.6. The Bertz CT molecular complexity index is 587. The highest BCUT2D eigenvalue weighted by Crippen LogP contribution is 2.21. The van der Waals surface area contributed by atoms with Crippen molar-refractivity contribution < 1.29 is 4.92 Å². The van der Waals surface area contributed by atoms with Gasteiger partial charge in [-0.1, -0.05) is 0 Å². The van der Waals surface area contributed by atoms with Crippen LogP contribution in [0.2, 0.25) is 0 Å². The van der Waals surface area contributed by atoms with Crippen LogP contribution in [0.4, 0.5) is 5.69 Å². The van der Waals surface area contributed by atoms with Gasteiger partial charge in [0, 0.05) is 17.8 Å². The maximum atomic E-state index is 10.7. The first-order valence-corrected chi connectivity index (χ1v) is 5.27. The molecule has 0 aliphatic heterocycles. The summed E-state index contributed by atoms with van der Waals surface area (Å²) in [4.78, 5) is 10.3. The van der Waals surface area contributed by atoms with E-state index in [2.05, 4.69) is 5.10 Å². The van der Waals surface area contributed by atoms with Gasteiger partial charge in [-0.3, -0.25) is 10.1 Å². The Balaban J connectivity index is 2.54. The Morgan fingerprint density at radius 1 is 1.24 bits per heavy atom. The lowest BCUT2D eigenvalue weighted by atomic mass is 10.2. The summed E-state index contributed by atoms with van der Waals surface area (Å²) in [5.41, 5.74) is 3.76. The molecule has 0 saturated heterocycles. The van der Waals surface area contributed by atoms with E-state index in [0.717, 1.165) is 22.6 Å². The summed E-state index contributed by atoms with van der Waals surface area (Å²) in [7, 11) is 0. The van der Waals surface area contributed by atoms with Gasteiger partial charge in [0.05, 0.1) is 16.3 Å². The number of nitrogens with zero attached hydrogens (tertiary/aromatic N) is 3. The van der Waals surface area contributed by atoms with Gasteiger partial charge in [0.15, 0.2) is 0 Å². The average Bonchev–Trinajstić information content (AvgIpc) is 2.57. The van der Waals surface area contributed by atoms with Gasteiger partial charge in [-0.05, 0) is 38.5 Å². The molecule has 1 aromatic carbocycles. The second kappa shape index (κ2) is 4.01. The summed E-state index contributed by atoms with van der Waals surface area (Å²) in [6, 6.07) is 6.76. The van der Waals surface area contributed by atoms with E-state index in [-0.39, 0.29) is 5.69 Å². The molecular weight excluding hydrogens is 218 g/mol. The molecule has 5 nitrogen and oxygen atoms in total. The fourth-order valence-corrected chi connectivity index (χ4v) is 1.86. The molecule has 17 heavy (non-hydrogen) atoms. The number of hydrogen-bond donors (Lipinski definition) is 0. The number of hydrogen-bond acceptors (Lipinski definition) is 3. The van der Waals surface area contributed by atoms with E-state index in [4.69, 9.17) is 0 Å². The fraction of sp³-hybridized carbons (Fsp3) is 0.250. The van der Waals surface area contributed by atoms with E-state index in [1.54, 1.807) is 16.8 Å². The maximum absolute atomic E-state index is 10.7. The summed E-state index contributed by atoms with van der Waals surface area (Å²) in [6.45, 7) is 5.73. The van der Waals surface area contributed by atoms with Gasteiger partial charge in [0.25, 0.3) is 5.69 Å². The van der Waals surface area contributed by atoms with Crippen LogP contribution in [0.5, 0.6) is 0 Å². The summed E-state index contributed by atoms with van der Waals surface area (Å²) in [5.74, 6) is 0. The first-order valence-electron chi connectivity index (χ1n) is 5.27. The van der Waals surface area contributed by atoms with Crippen LogP contribution in [-0.2, 0) is 0 Å². The number of nitro groups is 1. The van der Waals surface area contributed by atoms with Crippen molar-refractivity contribution in [1.29, 1.82) is 0 Å². The third-order valence-corrected chi connectivity index (χ3v) is 2.63. The van der Waals surface area contributed by atoms with Crippen LogP contribution in [0.25, 0.3) is 5.69 Å². The predicted molar refractivity (Wildman–Crippen MR) is 64.4 cm³/mol. The number of non-ortho nitro benzene ring substituents is 1. The molecular formula is C12H13N3O2. The van der Waals surface area contributed by atoms with Crippen LogP contribution in [0.3, 0.4) is 0 Å². The van der Waals surface area contributed by atoms with Crippen molar-refractivity contribution in [2.24, 2.45) is 0 Å². The number of nitro benzene ring substituents is 1. The molecule has 0 atom stereocenters. The summed E-state index contributed by atoms with van der Waals surface area (Å²) < 4.78 is 1.80. The number of aromatic nitrogens is 2. The van der Waals surface area contributed by atoms with Crippen LogP contribution in [0.1, 0.15) is 17.0 Å². The molecule has 88 valence electrons. The normalized spacial score (nSPS) is 10.5. The van der Waals surface area contributed by atoms with Gasteiger partial charge in [0.1, 0.15) is 0 Å². The Morgan fingerprint density at radius 3 is 2.41 bits per heavy atom. The number of benzene rings is 1. The summed E-state index contributed by atoms with van der Waals surface area (Å²) >= 11 is 0. The zero-order valence-corrected chi connectivity index (χ0v) is 9.97. The summed E-state index contributed by atoms with van der Waals surface area (Å²) in [6.07, 6.45) is 0. The fourth-order valence-electron chi connectivity index (χ4n) is 1.86. The second-order valence-corrected chi connectivity index (χ2v) is 4.07. The molecule has 5 heteroatoms. The third-order valence-electron chi connectivity index (χ3n) is 2.63. The molecule has 0 fully saturated rings. The van der Waals surface area contributed by atoms with E-state index < -0.39 is 4.92 Å². The maximum Gasteiger partial charge on any atom is 0.269 e. The van der Waals surface area contributed by atoms with Crippen LogP contribution in [-0.4, -0.2) is 14.7 Å². The highest BCUT2D eigenvalue weighted by Gasteiger charge is 2.11. The molecule has 1 heterocycles. The lowest BCUT2D eigenvalue weighted by molar-refractivity contribution is -0.384. The predicted octanol–water partition coefficient (Wildman–Crippen LogP) is 2.71. The molecule has 2 rings (SSSR count). The van der Waals surface area contributed by atoms with E-state index in [1.807, 2.05) is 26.8 Å². The molecule has 0 bridgehead atoms. The van der Waals surface area contributed by atoms with Crippen molar-refractivity contribution in [2.75, 3.05) is 0 Å². The molecule has 1 aromatic heterocycles. The first kappa shape index (κ1) is 11.3. The molecule has 0 unspecified atom stereocenters. The summed E-state index contributed by atoms with van der Waals surface area (Å²) in [5, 5.41) is 15.0. The first-order chi connectivity index (χ1) is 7.99. The minimum Gasteiger partial charge on any atom is -0.258 e. The highest BCUT2D eigenvalue weighted by molar-refractivity contribution is 5.48. The molecule has 0 radical (unpaired) electrons. The van der Waals surface area contributed by atoms with Crippen LogP contribution in [0.15, 0.2) is 24.3 Å². The van der Waals surface area contributed by atoms with Crippen LogP contribution >= 0.6 is 0 Å². The van der Waals surface area contributed by atoms with E-state index in [0.29, 0.717) is 0 Å². The Kier molecular flexibility index (Phi) is 2.67. The van der Waals surface area contributed by atoms with Gasteiger partial charge in [0.2, 0.25) is 0 Å². The third kappa shape index (κ3) is 2.04. The quantitative estimate of drug-likeness (QED) is 0.589. The van der Waals surface area contributed by atoms with Crippen LogP contribution < -0.4 is 0 Å². The van der Waals surface area contributed by atoms with Crippen molar-refractivity contribution >= 4 is 5.69 Å². The number of rotatable bonds is 2. The lowest BCUT2D eigenvalue weighted by Crippen LogP contribution is -2.02. The van der Waals surface area contributed by atoms with E-state index in [1.165, 1.54) is 6.07 Å². The van der Waals surface area contributed by atoms with Gasteiger partial charge < -0.3 is 0 Å². The van der Waals surface area contributed by atoms with Crippen molar-refractivity contribution in [3.63, 3.8) is 0 Å².